The van der Waals surface area contributed by atoms with Crippen molar-refractivity contribution in [1.29, 1.82) is 0 Å². The van der Waals surface area contributed by atoms with Crippen LogP contribution < -0.4 is 5.32 Å². The Hall–Kier alpha value is -2.44. The maximum atomic E-state index is 13.3. The van der Waals surface area contributed by atoms with Gasteiger partial charge in [0.15, 0.2) is 0 Å². The first kappa shape index (κ1) is 15.5. The van der Waals surface area contributed by atoms with E-state index in [0.29, 0.717) is 30.6 Å². The minimum absolute atomic E-state index is 0.00823. The van der Waals surface area contributed by atoms with Crippen LogP contribution in [0.3, 0.4) is 0 Å². The quantitative estimate of drug-likeness (QED) is 0.866. The van der Waals surface area contributed by atoms with Crippen LogP contribution in [0.5, 0.6) is 0 Å². The Bertz CT molecular complexity index is 676. The van der Waals surface area contributed by atoms with E-state index in [4.69, 9.17) is 5.11 Å². The third-order valence-corrected chi connectivity index (χ3v) is 4.43. The molecule has 3 rings (SSSR count). The molecule has 0 aromatic heterocycles. The van der Waals surface area contributed by atoms with Crippen molar-refractivity contribution in [3.63, 3.8) is 0 Å². The monoisotopic (exact) mass is 320 g/mol. The lowest BCUT2D eigenvalue weighted by Crippen LogP contribution is -2.45. The van der Waals surface area contributed by atoms with Crippen LogP contribution >= 0.6 is 0 Å². The molecule has 2 N–H and O–H groups in total. The van der Waals surface area contributed by atoms with Gasteiger partial charge >= 0.3 is 5.97 Å². The SMILES string of the molecule is O=C1CC(C(=O)N2CCC[C@H](C(=O)O)C2)c2ccc(F)cc2N1. The predicted octanol–water partition coefficient (Wildman–Crippen LogP) is 1.57. The van der Waals surface area contributed by atoms with Gasteiger partial charge in [0.2, 0.25) is 11.8 Å². The number of carboxylic acid groups (broad SMARTS) is 1. The van der Waals surface area contributed by atoms with E-state index in [1.165, 1.54) is 23.1 Å². The van der Waals surface area contributed by atoms with Crippen molar-refractivity contribution >= 4 is 23.5 Å². The first-order valence-electron chi connectivity index (χ1n) is 7.56. The highest BCUT2D eigenvalue weighted by molar-refractivity contribution is 6.01. The second-order valence-corrected chi connectivity index (χ2v) is 6.00. The van der Waals surface area contributed by atoms with Crippen LogP contribution in [0.25, 0.3) is 0 Å². The lowest BCUT2D eigenvalue weighted by molar-refractivity contribution is -0.146. The Morgan fingerprint density at radius 1 is 1.35 bits per heavy atom. The molecule has 0 aliphatic carbocycles. The number of anilines is 1. The van der Waals surface area contributed by atoms with E-state index in [2.05, 4.69) is 5.32 Å². The topological polar surface area (TPSA) is 86.7 Å². The average Bonchev–Trinajstić information content (AvgIpc) is 2.53. The van der Waals surface area contributed by atoms with Gasteiger partial charge in [-0.25, -0.2) is 4.39 Å². The third-order valence-electron chi connectivity index (χ3n) is 4.43. The number of nitrogens with zero attached hydrogens (tertiary/aromatic N) is 1. The molecule has 2 heterocycles. The van der Waals surface area contributed by atoms with Crippen LogP contribution in [0, 0.1) is 11.7 Å². The molecule has 23 heavy (non-hydrogen) atoms. The van der Waals surface area contributed by atoms with E-state index in [0.717, 1.165) is 0 Å². The molecule has 0 saturated carbocycles. The van der Waals surface area contributed by atoms with Crippen LogP contribution in [0.2, 0.25) is 0 Å². The highest BCUT2D eigenvalue weighted by Crippen LogP contribution is 2.35. The van der Waals surface area contributed by atoms with Gasteiger partial charge in [0.05, 0.1) is 11.8 Å². The molecule has 0 spiro atoms. The first-order chi connectivity index (χ1) is 11.0. The number of hydrogen-bond donors (Lipinski definition) is 2. The lowest BCUT2D eigenvalue weighted by atomic mass is 9.88. The number of carbonyl (C=O) groups excluding carboxylic acids is 2. The number of aliphatic carboxylic acids is 1. The van der Waals surface area contributed by atoms with Gasteiger partial charge in [0.1, 0.15) is 5.82 Å². The maximum Gasteiger partial charge on any atom is 0.308 e. The fraction of sp³-hybridized carbons (Fsp3) is 0.438. The summed E-state index contributed by atoms with van der Waals surface area (Å²) >= 11 is 0. The number of carbonyl (C=O) groups is 3. The first-order valence-corrected chi connectivity index (χ1v) is 7.56. The summed E-state index contributed by atoms with van der Waals surface area (Å²) in [6.07, 6.45) is 1.16. The Morgan fingerprint density at radius 3 is 2.87 bits per heavy atom. The van der Waals surface area contributed by atoms with Crippen molar-refractivity contribution in [2.45, 2.75) is 25.2 Å². The summed E-state index contributed by atoms with van der Waals surface area (Å²) in [5, 5.41) is 11.7. The fourth-order valence-electron chi connectivity index (χ4n) is 3.26. The Balaban J connectivity index is 1.85. The number of rotatable bonds is 2. The van der Waals surface area contributed by atoms with Crippen molar-refractivity contribution in [2.75, 3.05) is 18.4 Å². The van der Waals surface area contributed by atoms with E-state index in [-0.39, 0.29) is 24.8 Å². The van der Waals surface area contributed by atoms with E-state index in [1.54, 1.807) is 0 Å². The predicted molar refractivity (Wildman–Crippen MR) is 79.3 cm³/mol. The molecule has 2 aliphatic rings. The number of hydrogen-bond acceptors (Lipinski definition) is 3. The number of amides is 2. The number of piperidine rings is 1. The van der Waals surface area contributed by atoms with Gasteiger partial charge in [0.25, 0.3) is 0 Å². The number of halogens is 1. The molecule has 1 saturated heterocycles. The molecule has 1 aromatic rings. The van der Waals surface area contributed by atoms with Crippen LogP contribution in [-0.4, -0.2) is 40.9 Å². The van der Waals surface area contributed by atoms with Gasteiger partial charge in [-0.2, -0.15) is 0 Å². The molecule has 2 amide bonds. The van der Waals surface area contributed by atoms with Crippen LogP contribution in [0.15, 0.2) is 18.2 Å². The summed E-state index contributed by atoms with van der Waals surface area (Å²) in [5.74, 6) is -3.26. The Labute approximate surface area is 132 Å². The minimum atomic E-state index is -0.911. The van der Waals surface area contributed by atoms with Crippen LogP contribution in [0.1, 0.15) is 30.7 Å². The molecule has 1 aromatic carbocycles. The number of nitrogens with one attached hydrogen (secondary N) is 1. The largest absolute Gasteiger partial charge is 0.481 e. The summed E-state index contributed by atoms with van der Waals surface area (Å²) in [5.41, 5.74) is 0.889. The van der Waals surface area contributed by atoms with E-state index in [9.17, 15) is 18.8 Å². The molecule has 0 radical (unpaired) electrons. The van der Waals surface area contributed by atoms with Gasteiger partial charge in [0, 0.05) is 25.2 Å². The molecule has 2 atom stereocenters. The zero-order valence-electron chi connectivity index (χ0n) is 12.4. The molecule has 6 nitrogen and oxygen atoms in total. The summed E-state index contributed by atoms with van der Waals surface area (Å²) < 4.78 is 13.3. The molecule has 0 bridgehead atoms. The van der Waals surface area contributed by atoms with Gasteiger partial charge in [-0.1, -0.05) is 6.07 Å². The van der Waals surface area contributed by atoms with Crippen molar-refractivity contribution in [2.24, 2.45) is 5.92 Å². The third kappa shape index (κ3) is 3.04. The average molecular weight is 320 g/mol. The van der Waals surface area contributed by atoms with Crippen LogP contribution in [-0.2, 0) is 14.4 Å². The smallest absolute Gasteiger partial charge is 0.308 e. The number of carboxylic acids is 1. The van der Waals surface area contributed by atoms with Gasteiger partial charge in [-0.15, -0.1) is 0 Å². The number of benzene rings is 1. The normalized spacial score (nSPS) is 23.9. The second kappa shape index (κ2) is 5.98. The second-order valence-electron chi connectivity index (χ2n) is 6.00. The fourth-order valence-corrected chi connectivity index (χ4v) is 3.26. The van der Waals surface area contributed by atoms with Crippen LogP contribution in [0.4, 0.5) is 10.1 Å². The highest BCUT2D eigenvalue weighted by Gasteiger charge is 2.36. The van der Waals surface area contributed by atoms with E-state index in [1.807, 2.05) is 0 Å². The molecule has 2 aliphatic heterocycles. The van der Waals surface area contributed by atoms with Crippen molar-refractivity contribution in [3.05, 3.63) is 29.6 Å². The number of fused-ring (bicyclic) bond motifs is 1. The van der Waals surface area contributed by atoms with Gasteiger partial charge < -0.3 is 15.3 Å². The van der Waals surface area contributed by atoms with E-state index < -0.39 is 23.6 Å². The van der Waals surface area contributed by atoms with Gasteiger partial charge in [-0.3, -0.25) is 14.4 Å². The minimum Gasteiger partial charge on any atom is -0.481 e. The Kier molecular flexibility index (Phi) is 4.02. The highest BCUT2D eigenvalue weighted by atomic mass is 19.1. The molecule has 1 unspecified atom stereocenters. The zero-order chi connectivity index (χ0) is 16.6. The van der Waals surface area contributed by atoms with E-state index >= 15 is 0 Å². The lowest BCUT2D eigenvalue weighted by Gasteiger charge is -2.35. The number of likely N-dealkylation sites (tertiary alicyclic amines) is 1. The molecule has 7 heteroatoms. The molecular weight excluding hydrogens is 303 g/mol. The van der Waals surface area contributed by atoms with Gasteiger partial charge in [-0.05, 0) is 30.5 Å². The summed E-state index contributed by atoms with van der Waals surface area (Å²) in [6, 6.07) is 3.96. The summed E-state index contributed by atoms with van der Waals surface area (Å²) in [7, 11) is 0. The molecular formula is C16H17FN2O4. The zero-order valence-corrected chi connectivity index (χ0v) is 12.4. The van der Waals surface area contributed by atoms with Crippen molar-refractivity contribution in [1.82, 2.24) is 4.90 Å². The summed E-state index contributed by atoms with van der Waals surface area (Å²) in [6.45, 7) is 0.639. The molecule has 122 valence electrons. The standard InChI is InChI=1S/C16H17FN2O4/c17-10-3-4-11-12(7-14(20)18-13(11)6-10)15(21)19-5-1-2-9(8-19)16(22)23/h3-4,6,9,12H,1-2,5,7-8H2,(H,18,20)(H,22,23)/t9-,12?/m0/s1. The van der Waals surface area contributed by atoms with Crippen molar-refractivity contribution in [3.8, 4) is 0 Å². The summed E-state index contributed by atoms with van der Waals surface area (Å²) in [4.78, 5) is 37.2. The Morgan fingerprint density at radius 2 is 2.13 bits per heavy atom. The van der Waals surface area contributed by atoms with Crippen molar-refractivity contribution < 1.29 is 23.9 Å². The molecule has 1 fully saturated rings. The maximum absolute atomic E-state index is 13.3.